The Bertz CT molecular complexity index is 752. The molecule has 0 aliphatic heterocycles. The van der Waals surface area contributed by atoms with Crippen LogP contribution in [0.5, 0.6) is 0 Å². The van der Waals surface area contributed by atoms with E-state index in [1.807, 2.05) is 51.1 Å². The molecule has 0 radical (unpaired) electrons. The first-order valence-electron chi connectivity index (χ1n) is 7.63. The van der Waals surface area contributed by atoms with E-state index in [1.165, 1.54) is 29.2 Å². The van der Waals surface area contributed by atoms with Crippen molar-refractivity contribution < 1.29 is 9.59 Å². The number of carbonyl (C=O) groups is 2. The van der Waals surface area contributed by atoms with Gasteiger partial charge in [-0.25, -0.2) is 0 Å². The minimum Gasteiger partial charge on any atom is -0.351 e. The lowest BCUT2D eigenvalue weighted by Crippen LogP contribution is -2.41. The Balaban J connectivity index is 1.82. The van der Waals surface area contributed by atoms with Crippen molar-refractivity contribution in [3.05, 3.63) is 42.0 Å². The Kier molecular flexibility index (Phi) is 6.72. The Labute approximate surface area is 155 Å². The summed E-state index contributed by atoms with van der Waals surface area (Å²) in [5, 5.41) is 13.8. The van der Waals surface area contributed by atoms with Crippen LogP contribution in [0, 0.1) is 0 Å². The monoisotopic (exact) mass is 376 g/mol. The highest BCUT2D eigenvalue weighted by atomic mass is 32.2. The summed E-state index contributed by atoms with van der Waals surface area (Å²) in [5.41, 5.74) is 0.680. The lowest BCUT2D eigenvalue weighted by Gasteiger charge is -2.19. The standard InChI is InChI=1S/C17H20N4O2S2/c1-17(2,3)19-14(23)11-24-16-21-20-15(25-16)18-13(22)10-9-12-7-5-4-6-8-12/h4-10H,11H2,1-3H3,(H,19,23)(H,18,20,22)/b10-9+. The Morgan fingerprint density at radius 3 is 2.60 bits per heavy atom. The van der Waals surface area contributed by atoms with Crippen molar-refractivity contribution in [3.8, 4) is 0 Å². The van der Waals surface area contributed by atoms with Gasteiger partial charge in [0.25, 0.3) is 0 Å². The summed E-state index contributed by atoms with van der Waals surface area (Å²) < 4.78 is 0.631. The average Bonchev–Trinajstić information content (AvgIpc) is 2.98. The maximum Gasteiger partial charge on any atom is 0.250 e. The highest BCUT2D eigenvalue weighted by Gasteiger charge is 2.15. The summed E-state index contributed by atoms with van der Waals surface area (Å²) in [6, 6.07) is 9.54. The molecule has 0 bridgehead atoms. The van der Waals surface area contributed by atoms with Crippen LogP contribution in [0.15, 0.2) is 40.7 Å². The molecular formula is C17H20N4O2S2. The van der Waals surface area contributed by atoms with Crippen LogP contribution in [0.25, 0.3) is 6.08 Å². The zero-order valence-corrected chi connectivity index (χ0v) is 15.9. The van der Waals surface area contributed by atoms with Crippen LogP contribution < -0.4 is 10.6 Å². The third-order valence-corrected chi connectivity index (χ3v) is 4.68. The average molecular weight is 377 g/mol. The summed E-state index contributed by atoms with van der Waals surface area (Å²) >= 11 is 2.53. The summed E-state index contributed by atoms with van der Waals surface area (Å²) in [6.07, 6.45) is 3.17. The predicted octanol–water partition coefficient (Wildman–Crippen LogP) is 3.20. The van der Waals surface area contributed by atoms with Crippen LogP contribution in [0.2, 0.25) is 0 Å². The highest BCUT2D eigenvalue weighted by Crippen LogP contribution is 2.25. The summed E-state index contributed by atoms with van der Waals surface area (Å²) in [5.74, 6) is -0.0839. The molecule has 2 rings (SSSR count). The van der Waals surface area contributed by atoms with E-state index < -0.39 is 0 Å². The number of thioether (sulfide) groups is 1. The molecule has 2 aromatic rings. The number of hydrogen-bond donors (Lipinski definition) is 2. The molecule has 0 unspecified atom stereocenters. The van der Waals surface area contributed by atoms with Crippen molar-refractivity contribution in [2.75, 3.05) is 11.1 Å². The fraction of sp³-hybridized carbons (Fsp3) is 0.294. The van der Waals surface area contributed by atoms with Gasteiger partial charge in [-0.05, 0) is 32.4 Å². The van der Waals surface area contributed by atoms with Gasteiger partial charge < -0.3 is 5.32 Å². The molecule has 1 heterocycles. The summed E-state index contributed by atoms with van der Waals surface area (Å²) in [4.78, 5) is 23.7. The second kappa shape index (κ2) is 8.77. The van der Waals surface area contributed by atoms with Crippen LogP contribution >= 0.6 is 23.1 Å². The van der Waals surface area contributed by atoms with E-state index in [2.05, 4.69) is 20.8 Å². The molecule has 6 nitrogen and oxygen atoms in total. The quantitative estimate of drug-likeness (QED) is 0.459. The topological polar surface area (TPSA) is 84.0 Å². The number of nitrogens with one attached hydrogen (secondary N) is 2. The molecule has 8 heteroatoms. The first-order valence-corrected chi connectivity index (χ1v) is 9.43. The molecule has 0 atom stereocenters. The molecule has 0 saturated heterocycles. The van der Waals surface area contributed by atoms with Gasteiger partial charge in [-0.2, -0.15) is 0 Å². The molecule has 1 aromatic carbocycles. The van der Waals surface area contributed by atoms with Crippen molar-refractivity contribution in [2.45, 2.75) is 30.6 Å². The normalized spacial score (nSPS) is 11.5. The molecule has 0 saturated carbocycles. The molecule has 25 heavy (non-hydrogen) atoms. The van der Waals surface area contributed by atoms with Gasteiger partial charge in [0.2, 0.25) is 16.9 Å². The molecule has 0 aliphatic carbocycles. The maximum atomic E-state index is 11.9. The first kappa shape index (κ1) is 19.1. The summed E-state index contributed by atoms with van der Waals surface area (Å²) in [7, 11) is 0. The van der Waals surface area contributed by atoms with Gasteiger partial charge >= 0.3 is 0 Å². The number of hydrogen-bond acceptors (Lipinski definition) is 6. The fourth-order valence-electron chi connectivity index (χ4n) is 1.78. The molecule has 2 amide bonds. The van der Waals surface area contributed by atoms with E-state index in [-0.39, 0.29) is 23.1 Å². The second-order valence-corrected chi connectivity index (χ2v) is 8.39. The smallest absolute Gasteiger partial charge is 0.250 e. The fourth-order valence-corrected chi connectivity index (χ4v) is 3.34. The van der Waals surface area contributed by atoms with Crippen molar-refractivity contribution in [1.82, 2.24) is 15.5 Å². The molecule has 0 aliphatic rings. The van der Waals surface area contributed by atoms with Crippen LogP contribution in [0.4, 0.5) is 5.13 Å². The zero-order chi connectivity index (χ0) is 18.3. The third-order valence-electron chi connectivity index (χ3n) is 2.70. The number of nitrogens with zero attached hydrogens (tertiary/aromatic N) is 2. The van der Waals surface area contributed by atoms with Crippen molar-refractivity contribution in [3.63, 3.8) is 0 Å². The van der Waals surface area contributed by atoms with Gasteiger partial charge in [0.1, 0.15) is 0 Å². The van der Waals surface area contributed by atoms with E-state index in [0.29, 0.717) is 9.47 Å². The maximum absolute atomic E-state index is 11.9. The van der Waals surface area contributed by atoms with Gasteiger partial charge in [-0.3, -0.25) is 14.9 Å². The minimum atomic E-state index is -0.276. The number of amides is 2. The molecule has 2 N–H and O–H groups in total. The first-order chi connectivity index (χ1) is 11.8. The predicted molar refractivity (Wildman–Crippen MR) is 103 cm³/mol. The van der Waals surface area contributed by atoms with Gasteiger partial charge in [0.15, 0.2) is 4.34 Å². The van der Waals surface area contributed by atoms with Crippen LogP contribution in [0.3, 0.4) is 0 Å². The van der Waals surface area contributed by atoms with Gasteiger partial charge in [-0.15, -0.1) is 10.2 Å². The minimum absolute atomic E-state index is 0.0657. The van der Waals surface area contributed by atoms with E-state index in [9.17, 15) is 9.59 Å². The van der Waals surface area contributed by atoms with Gasteiger partial charge in [0.05, 0.1) is 5.75 Å². The van der Waals surface area contributed by atoms with Crippen LogP contribution in [-0.4, -0.2) is 33.3 Å². The lowest BCUT2D eigenvalue weighted by atomic mass is 10.1. The summed E-state index contributed by atoms with van der Waals surface area (Å²) in [6.45, 7) is 5.78. The molecule has 0 spiro atoms. The number of carbonyl (C=O) groups excluding carboxylic acids is 2. The van der Waals surface area contributed by atoms with Crippen LogP contribution in [-0.2, 0) is 9.59 Å². The van der Waals surface area contributed by atoms with E-state index >= 15 is 0 Å². The zero-order valence-electron chi connectivity index (χ0n) is 14.3. The number of aromatic nitrogens is 2. The molecular weight excluding hydrogens is 356 g/mol. The second-order valence-electron chi connectivity index (χ2n) is 6.19. The third kappa shape index (κ3) is 7.49. The van der Waals surface area contributed by atoms with E-state index in [0.717, 1.165) is 5.56 Å². The van der Waals surface area contributed by atoms with Crippen LogP contribution in [0.1, 0.15) is 26.3 Å². The Morgan fingerprint density at radius 1 is 1.20 bits per heavy atom. The largest absolute Gasteiger partial charge is 0.351 e. The van der Waals surface area contributed by atoms with Crippen molar-refractivity contribution >= 4 is 46.1 Å². The Morgan fingerprint density at radius 2 is 1.92 bits per heavy atom. The highest BCUT2D eigenvalue weighted by molar-refractivity contribution is 8.01. The molecule has 132 valence electrons. The van der Waals surface area contributed by atoms with Crippen molar-refractivity contribution in [1.29, 1.82) is 0 Å². The van der Waals surface area contributed by atoms with Gasteiger partial charge in [-0.1, -0.05) is 53.4 Å². The lowest BCUT2D eigenvalue weighted by molar-refractivity contribution is -0.120. The molecule has 1 aromatic heterocycles. The molecule has 0 fully saturated rings. The van der Waals surface area contributed by atoms with E-state index in [1.54, 1.807) is 6.08 Å². The van der Waals surface area contributed by atoms with Crippen molar-refractivity contribution in [2.24, 2.45) is 0 Å². The number of benzene rings is 1. The number of anilines is 1. The van der Waals surface area contributed by atoms with Gasteiger partial charge in [0, 0.05) is 11.6 Å². The van der Waals surface area contributed by atoms with E-state index in [4.69, 9.17) is 0 Å². The SMILES string of the molecule is CC(C)(C)NC(=O)CSc1nnc(NC(=O)/C=C/c2ccccc2)s1. The number of rotatable bonds is 6. The Hall–Kier alpha value is -2.19.